The van der Waals surface area contributed by atoms with Gasteiger partial charge in [-0.2, -0.15) is 0 Å². The lowest BCUT2D eigenvalue weighted by molar-refractivity contribution is 0.477. The van der Waals surface area contributed by atoms with E-state index in [0.29, 0.717) is 22.5 Å². The molecule has 1 unspecified atom stereocenters. The van der Waals surface area contributed by atoms with E-state index < -0.39 is 10.8 Å². The van der Waals surface area contributed by atoms with E-state index in [1.54, 1.807) is 30.7 Å². The number of nitrogens with two attached hydrogens (primary N) is 1. The van der Waals surface area contributed by atoms with E-state index in [1.807, 2.05) is 10.8 Å². The maximum absolute atomic E-state index is 12.1. The van der Waals surface area contributed by atoms with Gasteiger partial charge in [-0.05, 0) is 24.6 Å². The van der Waals surface area contributed by atoms with Gasteiger partial charge in [0.15, 0.2) is 5.58 Å². The summed E-state index contributed by atoms with van der Waals surface area (Å²) in [5.41, 5.74) is 7.54. The van der Waals surface area contributed by atoms with Gasteiger partial charge in [-0.15, -0.1) is 0 Å². The minimum Gasteiger partial charge on any atom is -0.430 e. The van der Waals surface area contributed by atoms with Crippen LogP contribution in [0.3, 0.4) is 0 Å². The van der Waals surface area contributed by atoms with E-state index in [-0.39, 0.29) is 5.22 Å². The first-order valence-electron chi connectivity index (χ1n) is 6.22. The zero-order chi connectivity index (χ0) is 13.9. The fourth-order valence-corrected chi connectivity index (χ4v) is 2.85. The average molecular weight is 290 g/mol. The molecule has 0 aliphatic rings. The average Bonchev–Trinajstić information content (AvgIpc) is 3.06. The second-order valence-corrected chi connectivity index (χ2v) is 5.86. The summed E-state index contributed by atoms with van der Waals surface area (Å²) in [4.78, 5) is 8.18. The molecule has 0 aliphatic carbocycles. The molecule has 2 heterocycles. The molecule has 104 valence electrons. The van der Waals surface area contributed by atoms with Crippen LogP contribution in [-0.4, -0.2) is 24.5 Å². The Kier molecular flexibility index (Phi) is 3.51. The van der Waals surface area contributed by atoms with Crippen molar-refractivity contribution in [3.05, 3.63) is 36.9 Å². The number of hydrogen-bond acceptors (Lipinski definition) is 5. The molecule has 7 heteroatoms. The van der Waals surface area contributed by atoms with Crippen LogP contribution in [0.1, 0.15) is 6.42 Å². The molecule has 6 nitrogen and oxygen atoms in total. The minimum absolute atomic E-state index is 0.260. The van der Waals surface area contributed by atoms with Crippen molar-refractivity contribution in [2.24, 2.45) is 0 Å². The Balaban J connectivity index is 1.66. The lowest BCUT2D eigenvalue weighted by Crippen LogP contribution is -2.03. The molecule has 3 aromatic rings. The highest BCUT2D eigenvalue weighted by molar-refractivity contribution is 7.84. The first-order chi connectivity index (χ1) is 9.72. The van der Waals surface area contributed by atoms with Crippen LogP contribution in [0, 0.1) is 0 Å². The third-order valence-corrected chi connectivity index (χ3v) is 4.12. The molecule has 0 spiro atoms. The third-order valence-electron chi connectivity index (χ3n) is 2.89. The summed E-state index contributed by atoms with van der Waals surface area (Å²) in [7, 11) is -1.24. The third kappa shape index (κ3) is 2.72. The van der Waals surface area contributed by atoms with Crippen LogP contribution >= 0.6 is 0 Å². The first kappa shape index (κ1) is 12.9. The highest BCUT2D eigenvalue weighted by Crippen LogP contribution is 2.20. The van der Waals surface area contributed by atoms with Gasteiger partial charge in [-0.25, -0.2) is 14.2 Å². The van der Waals surface area contributed by atoms with Crippen LogP contribution in [-0.2, 0) is 17.3 Å². The number of imidazole rings is 1. The lowest BCUT2D eigenvalue weighted by Gasteiger charge is -2.00. The Hall–Kier alpha value is -2.15. The molecule has 0 bridgehead atoms. The van der Waals surface area contributed by atoms with Gasteiger partial charge in [-0.3, -0.25) is 0 Å². The Bertz CT molecular complexity index is 736. The maximum atomic E-state index is 12.1. The van der Waals surface area contributed by atoms with Gasteiger partial charge >= 0.3 is 0 Å². The quantitative estimate of drug-likeness (QED) is 0.724. The fraction of sp³-hybridized carbons (Fsp3) is 0.231. The number of rotatable bonds is 5. The van der Waals surface area contributed by atoms with Gasteiger partial charge in [0, 0.05) is 30.4 Å². The number of nitrogens with zero attached hydrogens (tertiary/aromatic N) is 3. The Morgan fingerprint density at radius 2 is 2.30 bits per heavy atom. The van der Waals surface area contributed by atoms with E-state index >= 15 is 0 Å². The largest absolute Gasteiger partial charge is 0.430 e. The summed E-state index contributed by atoms with van der Waals surface area (Å²) < 4.78 is 19.6. The van der Waals surface area contributed by atoms with Gasteiger partial charge in [0.2, 0.25) is 0 Å². The topological polar surface area (TPSA) is 86.9 Å². The summed E-state index contributed by atoms with van der Waals surface area (Å²) in [6, 6.07) is 5.19. The molecule has 20 heavy (non-hydrogen) atoms. The van der Waals surface area contributed by atoms with Crippen molar-refractivity contribution in [1.82, 2.24) is 14.5 Å². The number of fused-ring (bicyclic) bond motifs is 1. The van der Waals surface area contributed by atoms with Crippen LogP contribution in [0.5, 0.6) is 0 Å². The zero-order valence-corrected chi connectivity index (χ0v) is 11.5. The Labute approximate surface area is 118 Å². The molecule has 0 fully saturated rings. The summed E-state index contributed by atoms with van der Waals surface area (Å²) in [5.74, 6) is 0.500. The van der Waals surface area contributed by atoms with E-state index in [4.69, 9.17) is 10.2 Å². The monoisotopic (exact) mass is 290 g/mol. The van der Waals surface area contributed by atoms with Crippen LogP contribution in [0.2, 0.25) is 0 Å². The normalized spacial score (nSPS) is 12.8. The summed E-state index contributed by atoms with van der Waals surface area (Å²) in [5, 5.41) is 0.260. The summed E-state index contributed by atoms with van der Waals surface area (Å²) >= 11 is 0. The number of hydrogen-bond donors (Lipinski definition) is 1. The van der Waals surface area contributed by atoms with Gasteiger partial charge in [0.25, 0.3) is 5.22 Å². The van der Waals surface area contributed by atoms with E-state index in [2.05, 4.69) is 9.97 Å². The van der Waals surface area contributed by atoms with Gasteiger partial charge in [0.05, 0.1) is 6.33 Å². The summed E-state index contributed by atoms with van der Waals surface area (Å²) in [6.45, 7) is 0.777. The molecular formula is C13H14N4O2S. The highest BCUT2D eigenvalue weighted by atomic mass is 32.2. The van der Waals surface area contributed by atoms with Crippen molar-refractivity contribution in [2.45, 2.75) is 18.2 Å². The molecule has 0 saturated heterocycles. The highest BCUT2D eigenvalue weighted by Gasteiger charge is 2.12. The van der Waals surface area contributed by atoms with Crippen molar-refractivity contribution in [1.29, 1.82) is 0 Å². The zero-order valence-electron chi connectivity index (χ0n) is 10.7. The number of oxazole rings is 1. The molecule has 0 aliphatic heterocycles. The van der Waals surface area contributed by atoms with Crippen molar-refractivity contribution < 1.29 is 8.63 Å². The van der Waals surface area contributed by atoms with Crippen molar-refractivity contribution >= 4 is 27.6 Å². The molecule has 2 aromatic heterocycles. The van der Waals surface area contributed by atoms with Gasteiger partial charge in [-0.1, -0.05) is 0 Å². The fourth-order valence-electron chi connectivity index (χ4n) is 1.91. The minimum atomic E-state index is -1.24. The number of aryl methyl sites for hydroxylation is 1. The predicted molar refractivity (Wildman–Crippen MR) is 76.5 cm³/mol. The number of anilines is 1. The van der Waals surface area contributed by atoms with Crippen LogP contribution in [0.15, 0.2) is 46.6 Å². The number of nitrogen functional groups attached to an aromatic ring is 1. The molecule has 3 rings (SSSR count). The molecule has 1 aromatic carbocycles. The second-order valence-electron chi connectivity index (χ2n) is 4.41. The molecule has 2 N–H and O–H groups in total. The summed E-state index contributed by atoms with van der Waals surface area (Å²) in [6.07, 6.45) is 6.11. The molecule has 0 saturated carbocycles. The predicted octanol–water partition coefficient (Wildman–Crippen LogP) is 1.80. The maximum Gasteiger partial charge on any atom is 0.287 e. The van der Waals surface area contributed by atoms with Crippen molar-refractivity contribution in [3.8, 4) is 0 Å². The van der Waals surface area contributed by atoms with E-state index in [0.717, 1.165) is 13.0 Å². The first-order valence-corrected chi connectivity index (χ1v) is 7.54. The van der Waals surface area contributed by atoms with Crippen LogP contribution in [0.25, 0.3) is 11.1 Å². The van der Waals surface area contributed by atoms with E-state index in [1.165, 1.54) is 0 Å². The van der Waals surface area contributed by atoms with Crippen molar-refractivity contribution in [3.63, 3.8) is 0 Å². The molecule has 1 atom stereocenters. The Morgan fingerprint density at radius 1 is 1.40 bits per heavy atom. The lowest BCUT2D eigenvalue weighted by atomic mass is 10.3. The smallest absolute Gasteiger partial charge is 0.287 e. The van der Waals surface area contributed by atoms with E-state index in [9.17, 15) is 4.21 Å². The van der Waals surface area contributed by atoms with Crippen molar-refractivity contribution in [2.75, 3.05) is 11.5 Å². The SMILES string of the molecule is Nc1ccc2oc(S(=O)CCCn3ccnc3)nc2c1. The van der Waals surface area contributed by atoms with Gasteiger partial charge < -0.3 is 14.7 Å². The second kappa shape index (κ2) is 5.46. The number of benzene rings is 1. The van der Waals surface area contributed by atoms with Crippen LogP contribution in [0.4, 0.5) is 5.69 Å². The van der Waals surface area contributed by atoms with Crippen LogP contribution < -0.4 is 5.73 Å². The standard InChI is InChI=1S/C13H14N4O2S/c14-10-2-3-12-11(8-10)16-13(19-12)20(18)7-1-5-17-6-4-15-9-17/h2-4,6,8-9H,1,5,7,14H2. The number of aromatic nitrogens is 3. The molecular weight excluding hydrogens is 276 g/mol. The molecule has 0 amide bonds. The molecule has 0 radical (unpaired) electrons. The Morgan fingerprint density at radius 3 is 3.10 bits per heavy atom. The van der Waals surface area contributed by atoms with Gasteiger partial charge in [0.1, 0.15) is 16.3 Å².